The van der Waals surface area contributed by atoms with E-state index in [0.717, 1.165) is 32.5 Å². The van der Waals surface area contributed by atoms with E-state index in [-0.39, 0.29) is 6.10 Å². The van der Waals surface area contributed by atoms with E-state index in [1.807, 2.05) is 6.07 Å². The summed E-state index contributed by atoms with van der Waals surface area (Å²) >= 11 is 0. The summed E-state index contributed by atoms with van der Waals surface area (Å²) in [6, 6.07) is 8.42. The van der Waals surface area contributed by atoms with E-state index in [4.69, 9.17) is 14.7 Å². The van der Waals surface area contributed by atoms with E-state index in [0.29, 0.717) is 17.2 Å². The van der Waals surface area contributed by atoms with E-state index in [1.165, 1.54) is 0 Å². The normalized spacial score (nSPS) is 27.6. The van der Waals surface area contributed by atoms with Gasteiger partial charge in [0.1, 0.15) is 11.9 Å². The maximum absolute atomic E-state index is 11.8. The van der Waals surface area contributed by atoms with Crippen LogP contribution in [-0.4, -0.2) is 36.8 Å². The lowest BCUT2D eigenvalue weighted by molar-refractivity contribution is -0.0462. The average molecular weight is 272 g/mol. The summed E-state index contributed by atoms with van der Waals surface area (Å²) < 4.78 is 10.6. The van der Waals surface area contributed by atoms with Crippen LogP contribution in [0.25, 0.3) is 0 Å². The number of ether oxygens (including phenoxy) is 2. The minimum absolute atomic E-state index is 0.0524. The molecule has 1 unspecified atom stereocenters. The molecule has 0 spiro atoms. The molecule has 20 heavy (non-hydrogen) atoms. The van der Waals surface area contributed by atoms with Crippen LogP contribution in [0.1, 0.15) is 18.4 Å². The molecule has 2 bridgehead atoms. The Hall–Kier alpha value is -2.06. The van der Waals surface area contributed by atoms with Gasteiger partial charge in [-0.1, -0.05) is 0 Å². The molecule has 1 aromatic carbocycles. The third-order valence-electron chi connectivity index (χ3n) is 4.03. The Morgan fingerprint density at radius 2 is 1.95 bits per heavy atom. The van der Waals surface area contributed by atoms with Crippen LogP contribution >= 0.6 is 0 Å². The van der Waals surface area contributed by atoms with Crippen molar-refractivity contribution in [2.45, 2.75) is 18.9 Å². The van der Waals surface area contributed by atoms with Crippen molar-refractivity contribution in [1.82, 2.24) is 4.90 Å². The fourth-order valence-electron chi connectivity index (χ4n) is 2.89. The Balaban J connectivity index is 1.55. The molecule has 0 saturated carbocycles. The highest BCUT2D eigenvalue weighted by Crippen LogP contribution is 2.29. The number of piperidine rings is 3. The van der Waals surface area contributed by atoms with Crippen molar-refractivity contribution in [1.29, 1.82) is 5.26 Å². The number of fused-ring (bicyclic) bond motifs is 3. The number of nitrogens with zero attached hydrogens (tertiary/aromatic N) is 2. The number of rotatable bonds is 2. The molecule has 0 aliphatic carbocycles. The SMILES string of the molecule is N#Cc1ccc(OC(=O)OC2CN3CCC2CC3)cc1. The van der Waals surface area contributed by atoms with Gasteiger partial charge in [-0.3, -0.25) is 4.90 Å². The number of benzene rings is 1. The Bertz CT molecular complexity index is 527. The maximum atomic E-state index is 11.8. The standard InChI is InChI=1S/C15H16N2O3/c16-9-11-1-3-13(4-2-11)19-15(18)20-14-10-17-7-5-12(14)6-8-17/h1-4,12,14H,5-8,10H2. The van der Waals surface area contributed by atoms with Crippen molar-refractivity contribution in [3.8, 4) is 11.8 Å². The summed E-state index contributed by atoms with van der Waals surface area (Å²) in [4.78, 5) is 14.1. The molecule has 104 valence electrons. The number of hydrogen-bond donors (Lipinski definition) is 0. The van der Waals surface area contributed by atoms with Crippen LogP contribution in [0.15, 0.2) is 24.3 Å². The molecule has 5 heteroatoms. The molecule has 3 fully saturated rings. The number of carbonyl (C=O) groups excluding carboxylic acids is 1. The lowest BCUT2D eigenvalue weighted by Gasteiger charge is -2.43. The van der Waals surface area contributed by atoms with Crippen LogP contribution in [0.2, 0.25) is 0 Å². The van der Waals surface area contributed by atoms with E-state index < -0.39 is 6.16 Å². The lowest BCUT2D eigenvalue weighted by Crippen LogP contribution is -2.52. The zero-order valence-electron chi connectivity index (χ0n) is 11.1. The van der Waals surface area contributed by atoms with Crippen LogP contribution < -0.4 is 4.74 Å². The van der Waals surface area contributed by atoms with Crippen molar-refractivity contribution in [3.63, 3.8) is 0 Å². The first-order valence-electron chi connectivity index (χ1n) is 6.85. The van der Waals surface area contributed by atoms with Crippen LogP contribution in [-0.2, 0) is 4.74 Å². The molecule has 3 aliphatic heterocycles. The molecule has 5 nitrogen and oxygen atoms in total. The summed E-state index contributed by atoms with van der Waals surface area (Å²) in [5.74, 6) is 0.865. The van der Waals surface area contributed by atoms with Gasteiger partial charge >= 0.3 is 6.16 Å². The van der Waals surface area contributed by atoms with E-state index in [1.54, 1.807) is 24.3 Å². The van der Waals surface area contributed by atoms with E-state index >= 15 is 0 Å². The number of carbonyl (C=O) groups is 1. The van der Waals surface area contributed by atoms with Gasteiger partial charge in [0, 0.05) is 6.54 Å². The zero-order valence-corrected chi connectivity index (χ0v) is 11.1. The van der Waals surface area contributed by atoms with Gasteiger partial charge in [0.05, 0.1) is 11.6 Å². The second-order valence-corrected chi connectivity index (χ2v) is 5.28. The first-order chi connectivity index (χ1) is 9.74. The Labute approximate surface area is 117 Å². The van der Waals surface area contributed by atoms with Crippen molar-refractivity contribution < 1.29 is 14.3 Å². The fourth-order valence-corrected chi connectivity index (χ4v) is 2.89. The maximum Gasteiger partial charge on any atom is 0.514 e. The molecule has 0 radical (unpaired) electrons. The molecule has 4 rings (SSSR count). The van der Waals surface area contributed by atoms with Gasteiger partial charge in [-0.25, -0.2) is 4.79 Å². The summed E-state index contributed by atoms with van der Waals surface area (Å²) in [6.45, 7) is 3.03. The molecule has 0 aromatic heterocycles. The largest absolute Gasteiger partial charge is 0.514 e. The molecule has 3 heterocycles. The highest BCUT2D eigenvalue weighted by atomic mass is 16.7. The van der Waals surface area contributed by atoms with Gasteiger partial charge in [-0.15, -0.1) is 0 Å². The molecular weight excluding hydrogens is 256 g/mol. The molecular formula is C15H16N2O3. The van der Waals surface area contributed by atoms with E-state index in [2.05, 4.69) is 4.90 Å². The number of hydrogen-bond acceptors (Lipinski definition) is 5. The van der Waals surface area contributed by atoms with Gasteiger partial charge in [0.2, 0.25) is 0 Å². The van der Waals surface area contributed by atoms with Gasteiger partial charge in [-0.05, 0) is 56.1 Å². The molecule has 1 aromatic rings. The molecule has 3 saturated heterocycles. The Kier molecular flexibility index (Phi) is 3.57. The number of nitriles is 1. The lowest BCUT2D eigenvalue weighted by atomic mass is 9.86. The molecule has 1 atom stereocenters. The molecule has 3 aliphatic rings. The average Bonchev–Trinajstić information content (AvgIpc) is 2.49. The second kappa shape index (κ2) is 5.51. The van der Waals surface area contributed by atoms with Crippen LogP contribution in [0.4, 0.5) is 4.79 Å². The summed E-state index contributed by atoms with van der Waals surface area (Å²) in [6.07, 6.45) is 1.47. The highest BCUT2D eigenvalue weighted by Gasteiger charge is 2.36. The smallest absolute Gasteiger partial charge is 0.429 e. The second-order valence-electron chi connectivity index (χ2n) is 5.28. The monoisotopic (exact) mass is 272 g/mol. The topological polar surface area (TPSA) is 62.6 Å². The van der Waals surface area contributed by atoms with Gasteiger partial charge in [0.25, 0.3) is 0 Å². The highest BCUT2D eigenvalue weighted by molar-refractivity contribution is 5.64. The summed E-state index contributed by atoms with van der Waals surface area (Å²) in [7, 11) is 0. The fraction of sp³-hybridized carbons (Fsp3) is 0.467. The van der Waals surface area contributed by atoms with Crippen LogP contribution in [0, 0.1) is 17.2 Å². The zero-order chi connectivity index (χ0) is 13.9. The van der Waals surface area contributed by atoms with Crippen molar-refractivity contribution in [3.05, 3.63) is 29.8 Å². The van der Waals surface area contributed by atoms with Crippen LogP contribution in [0.5, 0.6) is 5.75 Å². The third kappa shape index (κ3) is 2.75. The predicted molar refractivity (Wildman–Crippen MR) is 71.2 cm³/mol. The van der Waals surface area contributed by atoms with Crippen molar-refractivity contribution >= 4 is 6.16 Å². The molecule has 0 amide bonds. The van der Waals surface area contributed by atoms with Crippen LogP contribution in [0.3, 0.4) is 0 Å². The first kappa shape index (κ1) is 12.9. The Morgan fingerprint density at radius 3 is 2.50 bits per heavy atom. The minimum Gasteiger partial charge on any atom is -0.429 e. The first-order valence-corrected chi connectivity index (χ1v) is 6.85. The van der Waals surface area contributed by atoms with Crippen molar-refractivity contribution in [2.75, 3.05) is 19.6 Å². The van der Waals surface area contributed by atoms with Gasteiger partial charge < -0.3 is 9.47 Å². The summed E-state index contributed by atoms with van der Waals surface area (Å²) in [5, 5.41) is 8.70. The van der Waals surface area contributed by atoms with E-state index in [9.17, 15) is 4.79 Å². The molecule has 0 N–H and O–H groups in total. The van der Waals surface area contributed by atoms with Crippen molar-refractivity contribution in [2.24, 2.45) is 5.92 Å². The quantitative estimate of drug-likeness (QED) is 0.610. The van der Waals surface area contributed by atoms with Gasteiger partial charge in [0.15, 0.2) is 0 Å². The minimum atomic E-state index is -0.659. The Morgan fingerprint density at radius 1 is 1.25 bits per heavy atom. The van der Waals surface area contributed by atoms with Gasteiger partial charge in [-0.2, -0.15) is 5.26 Å². The predicted octanol–water partition coefficient (Wildman–Crippen LogP) is 2.17. The summed E-state index contributed by atoms with van der Waals surface area (Å²) in [5.41, 5.74) is 0.531. The third-order valence-corrected chi connectivity index (χ3v) is 4.03.